The maximum atomic E-state index is 8.97. The summed E-state index contributed by atoms with van der Waals surface area (Å²) in [6.45, 7) is 2.05. The van der Waals surface area contributed by atoms with Gasteiger partial charge in [-0.05, 0) is 24.6 Å². The van der Waals surface area contributed by atoms with Gasteiger partial charge in [-0.25, -0.2) is 4.98 Å². The predicted molar refractivity (Wildman–Crippen MR) is 56.0 cm³/mol. The summed E-state index contributed by atoms with van der Waals surface area (Å²) in [5.74, 6) is 0. The third-order valence-corrected chi connectivity index (χ3v) is 2.78. The monoisotopic (exact) mass is 206 g/mol. The fourth-order valence-electron chi connectivity index (χ4n) is 1.16. The van der Waals surface area contributed by atoms with Crippen LogP contribution in [-0.4, -0.2) is 15.1 Å². The largest absolute Gasteiger partial charge is 0.392 e. The quantitative estimate of drug-likeness (QED) is 0.817. The fraction of sp³-hybridized carbons (Fsp3) is 0.200. The number of aliphatic hydroxyl groups is 1. The van der Waals surface area contributed by atoms with Crippen molar-refractivity contribution in [2.24, 2.45) is 0 Å². The van der Waals surface area contributed by atoms with Gasteiger partial charge < -0.3 is 5.11 Å². The molecule has 0 aliphatic heterocycles. The summed E-state index contributed by atoms with van der Waals surface area (Å²) in [6.07, 6.45) is 3.52. The normalized spacial score (nSPS) is 10.4. The topological polar surface area (TPSA) is 46.0 Å². The van der Waals surface area contributed by atoms with E-state index in [9.17, 15) is 0 Å². The molecule has 72 valence electrons. The van der Waals surface area contributed by atoms with Gasteiger partial charge in [-0.2, -0.15) is 0 Å². The molecular weight excluding hydrogens is 196 g/mol. The third-order valence-electron chi connectivity index (χ3n) is 1.85. The number of aromatic nitrogens is 2. The Morgan fingerprint density at radius 2 is 2.29 bits per heavy atom. The van der Waals surface area contributed by atoms with Gasteiger partial charge in [0, 0.05) is 17.3 Å². The van der Waals surface area contributed by atoms with Gasteiger partial charge in [-0.15, -0.1) is 11.3 Å². The van der Waals surface area contributed by atoms with E-state index in [-0.39, 0.29) is 6.61 Å². The standard InChI is InChI=1S/C10H10N2OS/c1-7-5-12-10(14-7)9-4-8(6-13)2-3-11-9/h2-5,13H,6H2,1H3. The molecule has 3 nitrogen and oxygen atoms in total. The number of aryl methyl sites for hydroxylation is 1. The van der Waals surface area contributed by atoms with E-state index in [1.54, 1.807) is 23.6 Å². The second kappa shape index (κ2) is 3.86. The molecule has 0 radical (unpaired) electrons. The molecule has 1 N–H and O–H groups in total. The SMILES string of the molecule is Cc1cnc(-c2cc(CO)ccn2)s1. The van der Waals surface area contributed by atoms with E-state index in [0.29, 0.717) is 0 Å². The van der Waals surface area contributed by atoms with E-state index in [0.717, 1.165) is 21.1 Å². The number of thiazole rings is 1. The molecule has 2 heterocycles. The molecule has 0 amide bonds. The van der Waals surface area contributed by atoms with E-state index >= 15 is 0 Å². The van der Waals surface area contributed by atoms with Crippen LogP contribution in [-0.2, 0) is 6.61 Å². The highest BCUT2D eigenvalue weighted by molar-refractivity contribution is 7.14. The zero-order valence-corrected chi connectivity index (χ0v) is 8.58. The van der Waals surface area contributed by atoms with Crippen LogP contribution in [0.3, 0.4) is 0 Å². The number of hydrogen-bond acceptors (Lipinski definition) is 4. The summed E-state index contributed by atoms with van der Waals surface area (Å²) < 4.78 is 0. The third kappa shape index (κ3) is 1.81. The van der Waals surface area contributed by atoms with Crippen molar-refractivity contribution in [1.29, 1.82) is 0 Å². The Morgan fingerprint density at radius 3 is 2.93 bits per heavy atom. The van der Waals surface area contributed by atoms with Crippen molar-refractivity contribution >= 4 is 11.3 Å². The molecule has 0 saturated heterocycles. The Balaban J connectivity index is 2.41. The second-order valence-electron chi connectivity index (χ2n) is 2.98. The summed E-state index contributed by atoms with van der Waals surface area (Å²) in [7, 11) is 0. The minimum atomic E-state index is 0.0415. The van der Waals surface area contributed by atoms with Gasteiger partial charge in [0.1, 0.15) is 5.01 Å². The van der Waals surface area contributed by atoms with Crippen LogP contribution in [0.15, 0.2) is 24.5 Å². The minimum Gasteiger partial charge on any atom is -0.392 e. The van der Waals surface area contributed by atoms with E-state index in [4.69, 9.17) is 5.11 Å². The maximum Gasteiger partial charge on any atom is 0.142 e. The number of nitrogens with zero attached hydrogens (tertiary/aromatic N) is 2. The molecular formula is C10H10N2OS. The van der Waals surface area contributed by atoms with Gasteiger partial charge in [-0.1, -0.05) is 0 Å². The number of rotatable bonds is 2. The molecule has 2 aromatic heterocycles. The smallest absolute Gasteiger partial charge is 0.142 e. The van der Waals surface area contributed by atoms with E-state index in [2.05, 4.69) is 9.97 Å². The van der Waals surface area contributed by atoms with Crippen molar-refractivity contribution in [3.63, 3.8) is 0 Å². The highest BCUT2D eigenvalue weighted by Crippen LogP contribution is 2.23. The molecule has 0 bridgehead atoms. The van der Waals surface area contributed by atoms with Crippen LogP contribution in [0, 0.1) is 6.92 Å². The first-order valence-electron chi connectivity index (χ1n) is 4.28. The second-order valence-corrected chi connectivity index (χ2v) is 4.22. The van der Waals surface area contributed by atoms with E-state index in [1.165, 1.54) is 0 Å². The minimum absolute atomic E-state index is 0.0415. The van der Waals surface area contributed by atoms with Crippen molar-refractivity contribution in [3.05, 3.63) is 35.0 Å². The Morgan fingerprint density at radius 1 is 1.43 bits per heavy atom. The van der Waals surface area contributed by atoms with Gasteiger partial charge in [0.2, 0.25) is 0 Å². The summed E-state index contributed by atoms with van der Waals surface area (Å²) in [6, 6.07) is 3.65. The van der Waals surface area contributed by atoms with Gasteiger partial charge in [-0.3, -0.25) is 4.98 Å². The molecule has 2 aromatic rings. The van der Waals surface area contributed by atoms with Crippen molar-refractivity contribution in [1.82, 2.24) is 9.97 Å². The summed E-state index contributed by atoms with van der Waals surface area (Å²) >= 11 is 1.60. The number of pyridine rings is 1. The summed E-state index contributed by atoms with van der Waals surface area (Å²) in [5, 5.41) is 9.87. The van der Waals surface area contributed by atoms with Gasteiger partial charge in [0.05, 0.1) is 12.3 Å². The zero-order valence-electron chi connectivity index (χ0n) is 7.77. The fourth-order valence-corrected chi connectivity index (χ4v) is 1.89. The molecule has 0 spiro atoms. The van der Waals surface area contributed by atoms with Gasteiger partial charge in [0.25, 0.3) is 0 Å². The van der Waals surface area contributed by atoms with Gasteiger partial charge >= 0.3 is 0 Å². The molecule has 0 unspecified atom stereocenters. The van der Waals surface area contributed by atoms with Crippen LogP contribution in [0.2, 0.25) is 0 Å². The number of aliphatic hydroxyl groups excluding tert-OH is 1. The first kappa shape index (κ1) is 9.30. The van der Waals surface area contributed by atoms with Crippen molar-refractivity contribution in [2.75, 3.05) is 0 Å². The average Bonchev–Trinajstić information content (AvgIpc) is 2.65. The number of hydrogen-bond donors (Lipinski definition) is 1. The molecule has 0 aliphatic carbocycles. The summed E-state index contributed by atoms with van der Waals surface area (Å²) in [4.78, 5) is 9.61. The Labute approximate surface area is 86.1 Å². The van der Waals surface area contributed by atoms with Gasteiger partial charge in [0.15, 0.2) is 0 Å². The Kier molecular flexibility index (Phi) is 2.56. The molecule has 0 fully saturated rings. The maximum absolute atomic E-state index is 8.97. The van der Waals surface area contributed by atoms with Crippen molar-refractivity contribution in [2.45, 2.75) is 13.5 Å². The van der Waals surface area contributed by atoms with Crippen LogP contribution in [0.1, 0.15) is 10.4 Å². The summed E-state index contributed by atoms with van der Waals surface area (Å²) in [5.41, 5.74) is 1.69. The molecule has 2 rings (SSSR count). The molecule has 0 atom stereocenters. The molecule has 0 aromatic carbocycles. The van der Waals surface area contributed by atoms with Crippen LogP contribution < -0.4 is 0 Å². The predicted octanol–water partition coefficient (Wildman–Crippen LogP) is 2.01. The first-order valence-corrected chi connectivity index (χ1v) is 5.10. The van der Waals surface area contributed by atoms with Crippen molar-refractivity contribution < 1.29 is 5.11 Å². The highest BCUT2D eigenvalue weighted by atomic mass is 32.1. The lowest BCUT2D eigenvalue weighted by Gasteiger charge is -1.97. The van der Waals surface area contributed by atoms with Crippen LogP contribution in [0.25, 0.3) is 10.7 Å². The van der Waals surface area contributed by atoms with Crippen molar-refractivity contribution in [3.8, 4) is 10.7 Å². The van der Waals surface area contributed by atoms with Crippen LogP contribution >= 0.6 is 11.3 Å². The molecule has 0 saturated carbocycles. The van der Waals surface area contributed by atoms with E-state index in [1.807, 2.05) is 19.2 Å². The molecule has 4 heteroatoms. The Bertz CT molecular complexity index is 439. The van der Waals surface area contributed by atoms with Crippen LogP contribution in [0.5, 0.6) is 0 Å². The lowest BCUT2D eigenvalue weighted by molar-refractivity contribution is 0.282. The average molecular weight is 206 g/mol. The Hall–Kier alpha value is -1.26. The lowest BCUT2D eigenvalue weighted by Crippen LogP contribution is -1.87. The first-order chi connectivity index (χ1) is 6.79. The van der Waals surface area contributed by atoms with E-state index < -0.39 is 0 Å². The lowest BCUT2D eigenvalue weighted by atomic mass is 10.2. The highest BCUT2D eigenvalue weighted by Gasteiger charge is 2.04. The molecule has 0 aliphatic rings. The van der Waals surface area contributed by atoms with Crippen LogP contribution in [0.4, 0.5) is 0 Å². The zero-order chi connectivity index (χ0) is 9.97. The molecule has 14 heavy (non-hydrogen) atoms.